The van der Waals surface area contributed by atoms with Crippen LogP contribution in [-0.2, 0) is 6.54 Å². The normalized spacial score (nSPS) is 9.75. The molecule has 1 N–H and O–H groups in total. The van der Waals surface area contributed by atoms with Crippen molar-refractivity contribution in [3.63, 3.8) is 0 Å². The monoisotopic (exact) mass is 215 g/mol. The molecule has 0 atom stereocenters. The Balaban J connectivity index is 2.08. The van der Waals surface area contributed by atoms with Gasteiger partial charge in [-0.15, -0.1) is 0 Å². The number of aryl methyl sites for hydroxylation is 1. The summed E-state index contributed by atoms with van der Waals surface area (Å²) in [5.41, 5.74) is 1.19. The topological polar surface area (TPSA) is 87.6 Å². The molecule has 0 aliphatic heterocycles. The molecule has 0 bridgehead atoms. The predicted molar refractivity (Wildman–Crippen MR) is 55.3 cm³/mol. The van der Waals surface area contributed by atoms with Gasteiger partial charge in [-0.05, 0) is 13.0 Å². The Morgan fingerprint density at radius 1 is 1.56 bits per heavy atom. The third-order valence-corrected chi connectivity index (χ3v) is 1.94. The third-order valence-electron chi connectivity index (χ3n) is 1.94. The second-order valence-corrected chi connectivity index (χ2v) is 3.12. The van der Waals surface area contributed by atoms with E-state index in [-0.39, 0.29) is 0 Å². The molecule has 0 aliphatic carbocycles. The van der Waals surface area contributed by atoms with Crippen LogP contribution < -0.4 is 5.32 Å². The zero-order valence-electron chi connectivity index (χ0n) is 8.64. The number of anilines is 1. The minimum Gasteiger partial charge on any atom is -0.374 e. The molecule has 2 aromatic rings. The number of nitriles is 1. The van der Waals surface area contributed by atoms with Gasteiger partial charge in [-0.1, -0.05) is 5.16 Å². The standard InChI is InChI=1S/C10H9N5O/c1-7-14-10(16-15-7)6-13-9-5-12-3-2-8(9)4-11/h2-3,5,13H,6H2,1H3. The maximum atomic E-state index is 8.85. The molecular formula is C10H9N5O. The van der Waals surface area contributed by atoms with Crippen molar-refractivity contribution in [2.24, 2.45) is 0 Å². The summed E-state index contributed by atoms with van der Waals surface area (Å²) < 4.78 is 4.93. The number of rotatable bonds is 3. The summed E-state index contributed by atoms with van der Waals surface area (Å²) in [5, 5.41) is 15.5. The van der Waals surface area contributed by atoms with Crippen LogP contribution in [0.5, 0.6) is 0 Å². The van der Waals surface area contributed by atoms with Crippen LogP contribution in [0, 0.1) is 18.3 Å². The van der Waals surface area contributed by atoms with E-state index < -0.39 is 0 Å². The quantitative estimate of drug-likeness (QED) is 0.829. The first-order valence-electron chi connectivity index (χ1n) is 4.67. The van der Waals surface area contributed by atoms with E-state index in [2.05, 4.69) is 26.5 Å². The maximum Gasteiger partial charge on any atom is 0.245 e. The Bertz CT molecular complexity index is 528. The van der Waals surface area contributed by atoms with Crippen molar-refractivity contribution in [1.29, 1.82) is 5.26 Å². The van der Waals surface area contributed by atoms with Crippen molar-refractivity contribution >= 4 is 5.69 Å². The van der Waals surface area contributed by atoms with Crippen LogP contribution in [0.3, 0.4) is 0 Å². The minimum atomic E-state index is 0.376. The van der Waals surface area contributed by atoms with Gasteiger partial charge in [-0.25, -0.2) is 0 Å². The third kappa shape index (κ3) is 2.15. The van der Waals surface area contributed by atoms with Gasteiger partial charge in [-0.3, -0.25) is 4.98 Å². The smallest absolute Gasteiger partial charge is 0.245 e. The van der Waals surface area contributed by atoms with Gasteiger partial charge >= 0.3 is 0 Å². The Morgan fingerprint density at radius 3 is 3.12 bits per heavy atom. The van der Waals surface area contributed by atoms with Crippen LogP contribution >= 0.6 is 0 Å². The molecule has 0 saturated heterocycles. The van der Waals surface area contributed by atoms with Crippen LogP contribution in [0.15, 0.2) is 23.0 Å². The largest absolute Gasteiger partial charge is 0.374 e. The highest BCUT2D eigenvalue weighted by atomic mass is 16.5. The van der Waals surface area contributed by atoms with Crippen LogP contribution in [0.1, 0.15) is 17.3 Å². The number of hydrogen-bond acceptors (Lipinski definition) is 6. The molecule has 0 saturated carbocycles. The molecule has 0 radical (unpaired) electrons. The number of nitrogens with zero attached hydrogens (tertiary/aromatic N) is 4. The number of nitrogens with one attached hydrogen (secondary N) is 1. The average Bonchev–Trinajstić information content (AvgIpc) is 2.73. The SMILES string of the molecule is Cc1noc(CNc2cnccc2C#N)n1. The molecule has 0 spiro atoms. The van der Waals surface area contributed by atoms with Crippen molar-refractivity contribution in [3.8, 4) is 6.07 Å². The molecule has 2 rings (SSSR count). The molecular weight excluding hydrogens is 206 g/mol. The minimum absolute atomic E-state index is 0.376. The van der Waals surface area contributed by atoms with Crippen molar-refractivity contribution in [2.45, 2.75) is 13.5 Å². The van der Waals surface area contributed by atoms with Crippen LogP contribution in [0.2, 0.25) is 0 Å². The van der Waals surface area contributed by atoms with Crippen LogP contribution in [-0.4, -0.2) is 15.1 Å². The summed E-state index contributed by atoms with van der Waals surface area (Å²) in [6, 6.07) is 3.71. The summed E-state index contributed by atoms with van der Waals surface area (Å²) in [6.07, 6.45) is 3.16. The molecule has 2 heterocycles. The van der Waals surface area contributed by atoms with Crippen molar-refractivity contribution in [3.05, 3.63) is 35.7 Å². The summed E-state index contributed by atoms with van der Waals surface area (Å²) in [7, 11) is 0. The van der Waals surface area contributed by atoms with Crippen LogP contribution in [0.4, 0.5) is 5.69 Å². The van der Waals surface area contributed by atoms with Gasteiger partial charge in [0, 0.05) is 6.20 Å². The fourth-order valence-electron chi connectivity index (χ4n) is 1.22. The second kappa shape index (κ2) is 4.40. The lowest BCUT2D eigenvalue weighted by molar-refractivity contribution is 0.379. The Hall–Kier alpha value is -2.42. The number of pyridine rings is 1. The fourth-order valence-corrected chi connectivity index (χ4v) is 1.22. The zero-order chi connectivity index (χ0) is 11.4. The van der Waals surface area contributed by atoms with Gasteiger partial charge in [0.25, 0.3) is 0 Å². The van der Waals surface area contributed by atoms with Gasteiger partial charge in [0.2, 0.25) is 5.89 Å². The average molecular weight is 215 g/mol. The molecule has 80 valence electrons. The van der Waals surface area contributed by atoms with E-state index in [1.807, 2.05) is 0 Å². The van der Waals surface area contributed by atoms with Gasteiger partial charge in [0.1, 0.15) is 6.07 Å². The summed E-state index contributed by atoms with van der Waals surface area (Å²) >= 11 is 0. The first-order valence-corrected chi connectivity index (χ1v) is 4.67. The molecule has 2 aromatic heterocycles. The molecule has 0 fully saturated rings. The molecule has 16 heavy (non-hydrogen) atoms. The van der Waals surface area contributed by atoms with Gasteiger partial charge in [0.05, 0.1) is 24.0 Å². The van der Waals surface area contributed by atoms with E-state index in [1.54, 1.807) is 25.4 Å². The molecule has 6 nitrogen and oxygen atoms in total. The van der Waals surface area contributed by atoms with Crippen molar-refractivity contribution in [2.75, 3.05) is 5.32 Å². The first-order chi connectivity index (χ1) is 7.79. The Kier molecular flexibility index (Phi) is 2.78. The number of hydrogen-bond donors (Lipinski definition) is 1. The lowest BCUT2D eigenvalue weighted by Crippen LogP contribution is -2.02. The van der Waals surface area contributed by atoms with E-state index in [0.717, 1.165) is 0 Å². The summed E-state index contributed by atoms with van der Waals surface area (Å²) in [5.74, 6) is 1.06. The van der Waals surface area contributed by atoms with Gasteiger partial charge in [-0.2, -0.15) is 10.2 Å². The van der Waals surface area contributed by atoms with Gasteiger partial charge < -0.3 is 9.84 Å². The maximum absolute atomic E-state index is 8.85. The van der Waals surface area contributed by atoms with E-state index in [4.69, 9.17) is 9.78 Å². The first kappa shape index (κ1) is 10.1. The second-order valence-electron chi connectivity index (χ2n) is 3.12. The lowest BCUT2D eigenvalue weighted by atomic mass is 10.2. The molecule has 6 heteroatoms. The fraction of sp³-hybridized carbons (Fsp3) is 0.200. The highest BCUT2D eigenvalue weighted by Crippen LogP contribution is 2.12. The molecule has 0 aromatic carbocycles. The van der Waals surface area contributed by atoms with Crippen molar-refractivity contribution < 1.29 is 4.52 Å². The lowest BCUT2D eigenvalue weighted by Gasteiger charge is -2.03. The van der Waals surface area contributed by atoms with Gasteiger partial charge in [0.15, 0.2) is 5.82 Å². The van der Waals surface area contributed by atoms with E-state index in [0.29, 0.717) is 29.5 Å². The predicted octanol–water partition coefficient (Wildman–Crippen LogP) is 1.26. The van der Waals surface area contributed by atoms with Crippen molar-refractivity contribution in [1.82, 2.24) is 15.1 Å². The molecule has 0 aliphatic rings. The summed E-state index contributed by atoms with van der Waals surface area (Å²) in [4.78, 5) is 7.97. The molecule has 0 unspecified atom stereocenters. The van der Waals surface area contributed by atoms with E-state index in [9.17, 15) is 0 Å². The number of aromatic nitrogens is 3. The Morgan fingerprint density at radius 2 is 2.44 bits per heavy atom. The van der Waals surface area contributed by atoms with Crippen LogP contribution in [0.25, 0.3) is 0 Å². The van der Waals surface area contributed by atoms with E-state index >= 15 is 0 Å². The highest BCUT2D eigenvalue weighted by molar-refractivity contribution is 5.55. The highest BCUT2D eigenvalue weighted by Gasteiger charge is 2.04. The molecule has 0 amide bonds. The Labute approximate surface area is 91.9 Å². The summed E-state index contributed by atoms with van der Waals surface area (Å²) in [6.45, 7) is 2.12. The zero-order valence-corrected chi connectivity index (χ0v) is 8.64. The van der Waals surface area contributed by atoms with E-state index in [1.165, 1.54) is 0 Å².